The number of unbranched alkanes of at least 4 members (excludes halogenated alkanes) is 1. The standard InChI is InChI=1S/2C9H19NO.C7H12O4/c2*1-8(2)6-5-7-9(3,4)10(8)11;1-2-3-4-5(6(8)9)7(10)11/h2*11H,5-7H2,1-4H3;5H,2-4H2,1H3,(H,8,9)(H,10,11). The van der Waals surface area contributed by atoms with Crippen LogP contribution in [0.5, 0.6) is 0 Å². The lowest BCUT2D eigenvalue weighted by atomic mass is 9.82. The van der Waals surface area contributed by atoms with Crippen molar-refractivity contribution in [3.8, 4) is 0 Å². The quantitative estimate of drug-likeness (QED) is 0.369. The number of carboxylic acid groups (broad SMARTS) is 2. The normalized spacial score (nSPS) is 23.5. The number of hydrogen-bond donors (Lipinski definition) is 4. The molecule has 8 heteroatoms. The van der Waals surface area contributed by atoms with Crippen molar-refractivity contribution in [2.75, 3.05) is 0 Å². The maximum absolute atomic E-state index is 10.3. The van der Waals surface area contributed by atoms with E-state index in [2.05, 4.69) is 55.4 Å². The second-order valence-corrected chi connectivity index (χ2v) is 12.0. The van der Waals surface area contributed by atoms with Gasteiger partial charge in [0.05, 0.1) is 0 Å². The molecular weight excluding hydrogens is 424 g/mol. The zero-order valence-electron chi connectivity index (χ0n) is 22.4. The van der Waals surface area contributed by atoms with Crippen LogP contribution in [-0.2, 0) is 9.59 Å². The molecular formula is C25H50N2O6. The van der Waals surface area contributed by atoms with Gasteiger partial charge in [-0.05, 0) is 100 Å². The minimum Gasteiger partial charge on any atom is -0.481 e. The molecule has 8 nitrogen and oxygen atoms in total. The molecule has 2 saturated heterocycles. The topological polar surface area (TPSA) is 122 Å². The lowest BCUT2D eigenvalue weighted by molar-refractivity contribution is -0.241. The SMILES string of the molecule is CC1(C)CCCC(C)(C)N1O.CC1(C)CCCC(C)(C)N1O.CCCCC(C(=O)O)C(=O)O. The van der Waals surface area contributed by atoms with Crippen molar-refractivity contribution in [1.82, 2.24) is 10.1 Å². The number of carbonyl (C=O) groups is 2. The van der Waals surface area contributed by atoms with Crippen molar-refractivity contribution < 1.29 is 30.2 Å². The van der Waals surface area contributed by atoms with E-state index < -0.39 is 17.9 Å². The molecule has 0 aliphatic carbocycles. The highest BCUT2D eigenvalue weighted by molar-refractivity contribution is 5.92. The smallest absolute Gasteiger partial charge is 0.317 e. The number of carboxylic acids is 2. The van der Waals surface area contributed by atoms with E-state index in [9.17, 15) is 20.0 Å². The molecule has 2 fully saturated rings. The van der Waals surface area contributed by atoms with Gasteiger partial charge >= 0.3 is 11.9 Å². The molecule has 0 bridgehead atoms. The molecule has 196 valence electrons. The minimum atomic E-state index is -1.24. The summed E-state index contributed by atoms with van der Waals surface area (Å²) in [4.78, 5) is 20.5. The van der Waals surface area contributed by atoms with Gasteiger partial charge in [-0.3, -0.25) is 9.59 Å². The van der Waals surface area contributed by atoms with Crippen molar-refractivity contribution in [3.63, 3.8) is 0 Å². The molecule has 0 atom stereocenters. The number of hydrogen-bond acceptors (Lipinski definition) is 6. The van der Waals surface area contributed by atoms with Crippen LogP contribution in [0.25, 0.3) is 0 Å². The molecule has 2 heterocycles. The number of piperidine rings is 2. The first-order chi connectivity index (χ1) is 14.8. The summed E-state index contributed by atoms with van der Waals surface area (Å²) in [5.74, 6) is -3.72. The minimum absolute atomic E-state index is 0.0399. The Morgan fingerprint density at radius 1 is 0.697 bits per heavy atom. The van der Waals surface area contributed by atoms with Gasteiger partial charge in [-0.1, -0.05) is 19.8 Å². The highest BCUT2D eigenvalue weighted by atomic mass is 16.5. The molecule has 0 aromatic heterocycles. The highest BCUT2D eigenvalue weighted by Crippen LogP contribution is 2.36. The van der Waals surface area contributed by atoms with Crippen LogP contribution in [-0.4, -0.2) is 64.8 Å². The predicted octanol–water partition coefficient (Wildman–Crippen LogP) is 5.80. The molecule has 2 rings (SSSR count). The molecule has 2 aliphatic heterocycles. The zero-order chi connectivity index (χ0) is 26.3. The van der Waals surface area contributed by atoms with Gasteiger partial charge < -0.3 is 20.6 Å². The van der Waals surface area contributed by atoms with Crippen molar-refractivity contribution >= 4 is 11.9 Å². The maximum atomic E-state index is 10.3. The summed E-state index contributed by atoms with van der Waals surface area (Å²) in [6.07, 6.45) is 8.48. The van der Waals surface area contributed by atoms with Gasteiger partial charge in [-0.2, -0.15) is 10.1 Å². The Kier molecular flexibility index (Phi) is 12.0. The van der Waals surface area contributed by atoms with Crippen LogP contribution < -0.4 is 0 Å². The van der Waals surface area contributed by atoms with Crippen LogP contribution in [0.2, 0.25) is 0 Å². The molecule has 0 aromatic carbocycles. The summed E-state index contributed by atoms with van der Waals surface area (Å²) >= 11 is 0. The van der Waals surface area contributed by atoms with Gasteiger partial charge in [0.1, 0.15) is 0 Å². The Bertz CT molecular complexity index is 548. The van der Waals surface area contributed by atoms with Crippen molar-refractivity contribution in [3.05, 3.63) is 0 Å². The molecule has 4 N–H and O–H groups in total. The Labute approximate surface area is 200 Å². The first-order valence-corrected chi connectivity index (χ1v) is 12.3. The molecule has 0 aromatic rings. The summed E-state index contributed by atoms with van der Waals surface area (Å²) in [5, 5.41) is 39.4. The summed E-state index contributed by atoms with van der Waals surface area (Å²) in [6, 6.07) is 0. The van der Waals surface area contributed by atoms with Crippen molar-refractivity contribution in [1.29, 1.82) is 0 Å². The molecule has 0 amide bonds. The van der Waals surface area contributed by atoms with Crippen molar-refractivity contribution in [2.45, 2.75) is 142 Å². The van der Waals surface area contributed by atoms with E-state index in [4.69, 9.17) is 10.2 Å². The van der Waals surface area contributed by atoms with E-state index in [-0.39, 0.29) is 28.6 Å². The lowest BCUT2D eigenvalue weighted by Crippen LogP contribution is -2.56. The fourth-order valence-corrected chi connectivity index (χ4v) is 4.73. The van der Waals surface area contributed by atoms with Crippen LogP contribution in [0.3, 0.4) is 0 Å². The monoisotopic (exact) mass is 474 g/mol. The summed E-state index contributed by atoms with van der Waals surface area (Å²) in [7, 11) is 0. The van der Waals surface area contributed by atoms with Crippen LogP contribution >= 0.6 is 0 Å². The van der Waals surface area contributed by atoms with Gasteiger partial charge in [0.2, 0.25) is 0 Å². The summed E-state index contributed by atoms with van der Waals surface area (Å²) in [5.41, 5.74) is -0.160. The van der Waals surface area contributed by atoms with Gasteiger partial charge in [-0.15, -0.1) is 0 Å². The number of rotatable bonds is 5. The Morgan fingerprint density at radius 3 is 1.15 bits per heavy atom. The second-order valence-electron chi connectivity index (χ2n) is 12.0. The van der Waals surface area contributed by atoms with E-state index in [0.29, 0.717) is 6.42 Å². The molecule has 0 saturated carbocycles. The van der Waals surface area contributed by atoms with E-state index in [1.54, 1.807) is 0 Å². The summed E-state index contributed by atoms with van der Waals surface area (Å²) in [6.45, 7) is 18.6. The zero-order valence-corrected chi connectivity index (χ0v) is 22.4. The first kappa shape index (κ1) is 31.8. The van der Waals surface area contributed by atoms with E-state index in [1.807, 2.05) is 6.92 Å². The number of nitrogens with zero attached hydrogens (tertiary/aromatic N) is 2. The maximum Gasteiger partial charge on any atom is 0.317 e. The van der Waals surface area contributed by atoms with Gasteiger partial charge in [-0.25, -0.2) is 0 Å². The molecule has 0 radical (unpaired) electrons. The van der Waals surface area contributed by atoms with Crippen LogP contribution in [0.1, 0.15) is 120 Å². The second kappa shape index (κ2) is 12.5. The van der Waals surface area contributed by atoms with Gasteiger partial charge in [0.15, 0.2) is 5.92 Å². The Hall–Kier alpha value is -1.22. The average Bonchev–Trinajstić information content (AvgIpc) is 2.65. The van der Waals surface area contributed by atoms with Gasteiger partial charge in [0, 0.05) is 22.2 Å². The predicted molar refractivity (Wildman–Crippen MR) is 130 cm³/mol. The van der Waals surface area contributed by atoms with E-state index in [0.717, 1.165) is 32.1 Å². The third-order valence-electron chi connectivity index (χ3n) is 6.89. The lowest BCUT2D eigenvalue weighted by Gasteiger charge is -2.48. The fraction of sp³-hybridized carbons (Fsp3) is 0.920. The number of aliphatic carboxylic acids is 2. The first-order valence-electron chi connectivity index (χ1n) is 12.3. The Balaban J connectivity index is 0.000000465. The third kappa shape index (κ3) is 9.89. The fourth-order valence-electron chi connectivity index (χ4n) is 4.73. The van der Waals surface area contributed by atoms with Crippen LogP contribution in [0.15, 0.2) is 0 Å². The number of hydroxylamine groups is 4. The highest BCUT2D eigenvalue weighted by Gasteiger charge is 2.41. The molecule has 2 aliphatic rings. The molecule has 33 heavy (non-hydrogen) atoms. The largest absolute Gasteiger partial charge is 0.481 e. The third-order valence-corrected chi connectivity index (χ3v) is 6.89. The van der Waals surface area contributed by atoms with Crippen LogP contribution in [0.4, 0.5) is 0 Å². The van der Waals surface area contributed by atoms with E-state index in [1.165, 1.54) is 23.0 Å². The molecule has 0 unspecified atom stereocenters. The average molecular weight is 475 g/mol. The van der Waals surface area contributed by atoms with Crippen LogP contribution in [0, 0.1) is 5.92 Å². The Morgan fingerprint density at radius 2 is 0.970 bits per heavy atom. The van der Waals surface area contributed by atoms with Crippen molar-refractivity contribution in [2.24, 2.45) is 5.92 Å². The van der Waals surface area contributed by atoms with E-state index >= 15 is 0 Å². The van der Waals surface area contributed by atoms with Gasteiger partial charge in [0.25, 0.3) is 0 Å². The summed E-state index contributed by atoms with van der Waals surface area (Å²) < 4.78 is 0. The molecule has 0 spiro atoms.